The summed E-state index contributed by atoms with van der Waals surface area (Å²) >= 11 is 0. The normalized spacial score (nSPS) is 20.0. The number of hydrogen-bond acceptors (Lipinski definition) is 4. The summed E-state index contributed by atoms with van der Waals surface area (Å²) in [5.74, 6) is 0. The Kier molecular flexibility index (Phi) is 4.91. The molecular formula is C15H24N2O3S. The van der Waals surface area contributed by atoms with E-state index in [1.165, 1.54) is 0 Å². The molecule has 21 heavy (non-hydrogen) atoms. The van der Waals surface area contributed by atoms with Gasteiger partial charge in [-0.2, -0.15) is 4.31 Å². The average Bonchev–Trinajstić information content (AvgIpc) is 2.83. The lowest BCUT2D eigenvalue weighted by atomic mass is 10.1. The number of aliphatic hydroxyl groups excluding tert-OH is 1. The van der Waals surface area contributed by atoms with Gasteiger partial charge in [-0.25, -0.2) is 8.42 Å². The Morgan fingerprint density at radius 3 is 2.52 bits per heavy atom. The van der Waals surface area contributed by atoms with Gasteiger partial charge in [-0.15, -0.1) is 0 Å². The van der Waals surface area contributed by atoms with E-state index in [9.17, 15) is 8.42 Å². The van der Waals surface area contributed by atoms with E-state index < -0.39 is 10.0 Å². The first kappa shape index (κ1) is 16.3. The fraction of sp³-hybridized carbons (Fsp3) is 0.600. The van der Waals surface area contributed by atoms with E-state index in [0.29, 0.717) is 41.1 Å². The number of hydrogen-bond donors (Lipinski definition) is 2. The maximum absolute atomic E-state index is 13.0. The van der Waals surface area contributed by atoms with Crippen molar-refractivity contribution in [3.8, 4) is 0 Å². The van der Waals surface area contributed by atoms with E-state index in [1.807, 2.05) is 0 Å². The van der Waals surface area contributed by atoms with Gasteiger partial charge in [0.25, 0.3) is 0 Å². The van der Waals surface area contributed by atoms with Crippen molar-refractivity contribution in [1.82, 2.24) is 4.31 Å². The van der Waals surface area contributed by atoms with Crippen LogP contribution < -0.4 is 5.73 Å². The smallest absolute Gasteiger partial charge is 0.243 e. The molecule has 118 valence electrons. The van der Waals surface area contributed by atoms with Crippen molar-refractivity contribution in [2.75, 3.05) is 18.9 Å². The van der Waals surface area contributed by atoms with Crippen LogP contribution in [0, 0.1) is 13.8 Å². The van der Waals surface area contributed by atoms with Gasteiger partial charge >= 0.3 is 0 Å². The van der Waals surface area contributed by atoms with Crippen LogP contribution in [-0.2, 0) is 10.0 Å². The highest BCUT2D eigenvalue weighted by Gasteiger charge is 2.36. The largest absolute Gasteiger partial charge is 0.399 e. The summed E-state index contributed by atoms with van der Waals surface area (Å²) in [5, 5.41) is 8.97. The van der Waals surface area contributed by atoms with E-state index in [0.717, 1.165) is 12.8 Å². The first-order chi connectivity index (χ1) is 9.87. The standard InChI is InChI=1S/C15H24N2O3S/c1-11-9-13(16)10-12(2)15(11)21(19,20)17-7-3-5-14(17)6-4-8-18/h9-10,14,18H,3-8,16H2,1-2H3. The second kappa shape index (κ2) is 6.34. The van der Waals surface area contributed by atoms with Gasteiger partial charge in [-0.1, -0.05) is 0 Å². The minimum atomic E-state index is -3.50. The highest BCUT2D eigenvalue weighted by Crippen LogP contribution is 2.32. The molecule has 1 fully saturated rings. The summed E-state index contributed by atoms with van der Waals surface area (Å²) in [6.07, 6.45) is 3.09. The van der Waals surface area contributed by atoms with Crippen LogP contribution in [0.15, 0.2) is 17.0 Å². The number of rotatable bonds is 5. The lowest BCUT2D eigenvalue weighted by Crippen LogP contribution is -2.36. The molecular weight excluding hydrogens is 288 g/mol. The zero-order valence-electron chi connectivity index (χ0n) is 12.7. The third-order valence-electron chi connectivity index (χ3n) is 4.07. The van der Waals surface area contributed by atoms with Crippen molar-refractivity contribution in [1.29, 1.82) is 0 Å². The summed E-state index contributed by atoms with van der Waals surface area (Å²) in [4.78, 5) is 0.382. The third kappa shape index (κ3) is 3.22. The van der Waals surface area contributed by atoms with Crippen molar-refractivity contribution in [2.24, 2.45) is 0 Å². The van der Waals surface area contributed by atoms with Crippen molar-refractivity contribution in [3.63, 3.8) is 0 Å². The first-order valence-electron chi connectivity index (χ1n) is 7.37. The van der Waals surface area contributed by atoms with Gasteiger partial charge in [-0.3, -0.25) is 0 Å². The molecule has 0 aromatic heterocycles. The van der Waals surface area contributed by atoms with E-state index in [1.54, 1.807) is 30.3 Å². The number of sulfonamides is 1. The van der Waals surface area contributed by atoms with Crippen LogP contribution in [0.3, 0.4) is 0 Å². The molecule has 1 unspecified atom stereocenters. The molecule has 2 rings (SSSR count). The summed E-state index contributed by atoms with van der Waals surface area (Å²) in [6.45, 7) is 4.23. The molecule has 1 aliphatic heterocycles. The molecule has 1 saturated heterocycles. The second-order valence-electron chi connectivity index (χ2n) is 5.76. The van der Waals surface area contributed by atoms with Crippen molar-refractivity contribution >= 4 is 15.7 Å². The monoisotopic (exact) mass is 312 g/mol. The minimum absolute atomic E-state index is 0.00139. The molecule has 1 atom stereocenters. The lowest BCUT2D eigenvalue weighted by molar-refractivity contribution is 0.264. The summed E-state index contributed by atoms with van der Waals surface area (Å²) < 4.78 is 27.6. The molecule has 0 saturated carbocycles. The molecule has 0 radical (unpaired) electrons. The Bertz CT molecular complexity index is 590. The van der Waals surface area contributed by atoms with E-state index in [-0.39, 0.29) is 12.6 Å². The molecule has 0 aliphatic carbocycles. The van der Waals surface area contributed by atoms with Gasteiger partial charge < -0.3 is 10.8 Å². The zero-order valence-corrected chi connectivity index (χ0v) is 13.5. The molecule has 3 N–H and O–H groups in total. The van der Waals surface area contributed by atoms with Gasteiger partial charge in [0.2, 0.25) is 10.0 Å². The quantitative estimate of drug-likeness (QED) is 0.812. The topological polar surface area (TPSA) is 83.6 Å². The van der Waals surface area contributed by atoms with Crippen LogP contribution in [0.2, 0.25) is 0 Å². The second-order valence-corrected chi connectivity index (χ2v) is 7.59. The number of aliphatic hydroxyl groups is 1. The van der Waals surface area contributed by atoms with Crippen molar-refractivity contribution < 1.29 is 13.5 Å². The molecule has 1 aliphatic rings. The molecule has 0 bridgehead atoms. The fourth-order valence-corrected chi connectivity index (χ4v) is 5.39. The maximum atomic E-state index is 13.0. The molecule has 1 aromatic carbocycles. The maximum Gasteiger partial charge on any atom is 0.243 e. The SMILES string of the molecule is Cc1cc(N)cc(C)c1S(=O)(=O)N1CCCC1CCCO. The van der Waals surface area contributed by atoms with Crippen LogP contribution in [0.1, 0.15) is 36.8 Å². The predicted octanol–water partition coefficient (Wildman–Crippen LogP) is 1.81. The zero-order chi connectivity index (χ0) is 15.6. The summed E-state index contributed by atoms with van der Waals surface area (Å²) in [6, 6.07) is 3.41. The summed E-state index contributed by atoms with van der Waals surface area (Å²) in [5.41, 5.74) is 7.76. The Morgan fingerprint density at radius 2 is 1.95 bits per heavy atom. The lowest BCUT2D eigenvalue weighted by Gasteiger charge is -2.25. The van der Waals surface area contributed by atoms with Gasteiger partial charge in [0.1, 0.15) is 0 Å². The Balaban J connectivity index is 2.38. The molecule has 0 spiro atoms. The third-order valence-corrected chi connectivity index (χ3v) is 6.33. The Hall–Kier alpha value is -1.11. The van der Waals surface area contributed by atoms with Crippen LogP contribution in [0.4, 0.5) is 5.69 Å². The van der Waals surface area contributed by atoms with Gasteiger partial charge in [0.15, 0.2) is 0 Å². The summed E-state index contributed by atoms with van der Waals surface area (Å²) in [7, 11) is -3.50. The number of nitrogens with zero attached hydrogens (tertiary/aromatic N) is 1. The minimum Gasteiger partial charge on any atom is -0.399 e. The van der Waals surface area contributed by atoms with Crippen LogP contribution >= 0.6 is 0 Å². The molecule has 1 heterocycles. The fourth-order valence-electron chi connectivity index (χ4n) is 3.25. The van der Waals surface area contributed by atoms with Crippen LogP contribution in [0.5, 0.6) is 0 Å². The molecule has 0 amide bonds. The van der Waals surface area contributed by atoms with E-state index in [4.69, 9.17) is 10.8 Å². The Morgan fingerprint density at radius 1 is 1.33 bits per heavy atom. The number of benzene rings is 1. The van der Waals surface area contributed by atoms with Crippen molar-refractivity contribution in [2.45, 2.75) is 50.5 Å². The molecule has 6 heteroatoms. The number of anilines is 1. The number of nitrogen functional groups attached to an aromatic ring is 1. The molecule has 5 nitrogen and oxygen atoms in total. The van der Waals surface area contributed by atoms with Crippen LogP contribution in [-0.4, -0.2) is 37.0 Å². The van der Waals surface area contributed by atoms with E-state index in [2.05, 4.69) is 0 Å². The number of aryl methyl sites for hydroxylation is 2. The highest BCUT2D eigenvalue weighted by atomic mass is 32.2. The van der Waals surface area contributed by atoms with E-state index >= 15 is 0 Å². The highest BCUT2D eigenvalue weighted by molar-refractivity contribution is 7.89. The van der Waals surface area contributed by atoms with Gasteiger partial charge in [-0.05, 0) is 62.8 Å². The van der Waals surface area contributed by atoms with Crippen LogP contribution in [0.25, 0.3) is 0 Å². The Labute approximate surface area is 126 Å². The number of nitrogens with two attached hydrogens (primary N) is 1. The predicted molar refractivity (Wildman–Crippen MR) is 83.6 cm³/mol. The van der Waals surface area contributed by atoms with Gasteiger partial charge in [0.05, 0.1) is 4.90 Å². The first-order valence-corrected chi connectivity index (χ1v) is 8.81. The average molecular weight is 312 g/mol. The molecule has 1 aromatic rings. The van der Waals surface area contributed by atoms with Crippen molar-refractivity contribution in [3.05, 3.63) is 23.3 Å². The van der Waals surface area contributed by atoms with Gasteiger partial charge in [0, 0.05) is 24.9 Å².